The molecule has 0 spiro atoms. The zero-order valence-electron chi connectivity index (χ0n) is 6.10. The minimum Gasteiger partial charge on any atom is -0.0924 e. The van der Waals surface area contributed by atoms with E-state index in [1.165, 1.54) is 11.1 Å². The maximum absolute atomic E-state index is 3.40. The molecule has 0 nitrogen and oxygen atoms in total. The van der Waals surface area contributed by atoms with Gasteiger partial charge >= 0.3 is 0 Å². The van der Waals surface area contributed by atoms with E-state index < -0.39 is 0 Å². The Balaban J connectivity index is 2.69. The van der Waals surface area contributed by atoms with Crippen LogP contribution in [0.25, 0.3) is 0 Å². The second-order valence-electron chi connectivity index (χ2n) is 2.42. The fraction of sp³-hybridized carbons (Fsp3) is 0.333. The zero-order valence-corrected chi connectivity index (χ0v) is 7.69. The molecule has 0 amide bonds. The normalized spacial score (nSPS) is 9.80. The minimum atomic E-state index is 1.05. The smallest absolute Gasteiger partial charge is 0.00718 e. The average molecular weight is 199 g/mol. The largest absolute Gasteiger partial charge is 0.0924 e. The molecular weight excluding hydrogens is 188 g/mol. The monoisotopic (exact) mass is 198 g/mol. The Bertz CT molecular complexity index is 188. The lowest BCUT2D eigenvalue weighted by Gasteiger charge is -1.96. The van der Waals surface area contributed by atoms with E-state index in [-0.39, 0.29) is 0 Å². The zero-order chi connectivity index (χ0) is 7.40. The van der Waals surface area contributed by atoms with E-state index in [0.717, 1.165) is 11.8 Å². The third-order valence-electron chi connectivity index (χ3n) is 1.50. The first-order valence-corrected chi connectivity index (χ1v) is 4.56. The van der Waals surface area contributed by atoms with Crippen molar-refractivity contribution < 1.29 is 0 Å². The number of aryl methyl sites for hydroxylation is 2. The summed E-state index contributed by atoms with van der Waals surface area (Å²) in [5, 5.41) is 1.05. The fourth-order valence-electron chi connectivity index (χ4n) is 0.864. The maximum atomic E-state index is 3.40. The Morgan fingerprint density at radius 2 is 1.80 bits per heavy atom. The average Bonchev–Trinajstić information content (AvgIpc) is 1.95. The molecule has 0 aliphatic rings. The summed E-state index contributed by atoms with van der Waals surface area (Å²) in [6, 6.07) is 8.66. The van der Waals surface area contributed by atoms with E-state index in [4.69, 9.17) is 0 Å². The van der Waals surface area contributed by atoms with Gasteiger partial charge in [0.2, 0.25) is 0 Å². The Kier molecular flexibility index (Phi) is 2.94. The summed E-state index contributed by atoms with van der Waals surface area (Å²) in [7, 11) is 0. The van der Waals surface area contributed by atoms with Gasteiger partial charge in [-0.25, -0.2) is 0 Å². The Labute approximate surface area is 70.4 Å². The second-order valence-corrected chi connectivity index (χ2v) is 3.22. The van der Waals surface area contributed by atoms with E-state index in [0.29, 0.717) is 0 Å². The molecular formula is C9H11Br. The first-order chi connectivity index (χ1) is 4.83. The molecule has 0 aliphatic heterocycles. The number of alkyl halides is 1. The molecule has 0 saturated heterocycles. The van der Waals surface area contributed by atoms with Crippen LogP contribution in [0.1, 0.15) is 11.1 Å². The molecule has 1 rings (SSSR count). The van der Waals surface area contributed by atoms with Crippen molar-refractivity contribution in [2.45, 2.75) is 13.3 Å². The SMILES string of the molecule is Cc1ccc(CCBr)cc1. The van der Waals surface area contributed by atoms with Crippen molar-refractivity contribution >= 4 is 15.9 Å². The van der Waals surface area contributed by atoms with Crippen LogP contribution in [-0.4, -0.2) is 5.33 Å². The number of hydrogen-bond acceptors (Lipinski definition) is 0. The van der Waals surface area contributed by atoms with Gasteiger partial charge in [0.15, 0.2) is 0 Å². The van der Waals surface area contributed by atoms with Crippen LogP contribution in [0.15, 0.2) is 24.3 Å². The van der Waals surface area contributed by atoms with Crippen molar-refractivity contribution in [2.75, 3.05) is 5.33 Å². The van der Waals surface area contributed by atoms with E-state index in [2.05, 4.69) is 47.1 Å². The Morgan fingerprint density at radius 1 is 1.20 bits per heavy atom. The van der Waals surface area contributed by atoms with Crippen LogP contribution >= 0.6 is 15.9 Å². The molecule has 0 unspecified atom stereocenters. The number of halogens is 1. The number of benzene rings is 1. The predicted molar refractivity (Wildman–Crippen MR) is 48.7 cm³/mol. The first-order valence-electron chi connectivity index (χ1n) is 3.44. The van der Waals surface area contributed by atoms with E-state index >= 15 is 0 Å². The Morgan fingerprint density at radius 3 is 2.30 bits per heavy atom. The summed E-state index contributed by atoms with van der Waals surface area (Å²) in [5.74, 6) is 0. The molecule has 1 aromatic carbocycles. The highest BCUT2D eigenvalue weighted by Crippen LogP contribution is 2.04. The molecule has 0 aliphatic carbocycles. The molecule has 0 atom stereocenters. The van der Waals surface area contributed by atoms with Crippen molar-refractivity contribution in [3.63, 3.8) is 0 Å². The second kappa shape index (κ2) is 3.77. The summed E-state index contributed by atoms with van der Waals surface area (Å²) >= 11 is 3.40. The van der Waals surface area contributed by atoms with Gasteiger partial charge < -0.3 is 0 Å². The highest BCUT2D eigenvalue weighted by molar-refractivity contribution is 9.09. The van der Waals surface area contributed by atoms with Crippen LogP contribution in [0, 0.1) is 6.92 Å². The van der Waals surface area contributed by atoms with Crippen LogP contribution in [0.5, 0.6) is 0 Å². The van der Waals surface area contributed by atoms with Crippen LogP contribution < -0.4 is 0 Å². The molecule has 10 heavy (non-hydrogen) atoms. The van der Waals surface area contributed by atoms with Crippen molar-refractivity contribution in [1.82, 2.24) is 0 Å². The highest BCUT2D eigenvalue weighted by Gasteiger charge is 1.88. The Hall–Kier alpha value is -0.300. The topological polar surface area (TPSA) is 0 Å². The fourth-order valence-corrected chi connectivity index (χ4v) is 1.32. The van der Waals surface area contributed by atoms with Gasteiger partial charge in [-0.05, 0) is 18.9 Å². The van der Waals surface area contributed by atoms with E-state index in [1.54, 1.807) is 0 Å². The van der Waals surface area contributed by atoms with Crippen LogP contribution in [0.3, 0.4) is 0 Å². The summed E-state index contributed by atoms with van der Waals surface area (Å²) in [6.45, 7) is 2.11. The molecule has 0 fully saturated rings. The third-order valence-corrected chi connectivity index (χ3v) is 1.90. The lowest BCUT2D eigenvalue weighted by molar-refractivity contribution is 1.16. The summed E-state index contributed by atoms with van der Waals surface area (Å²) in [6.07, 6.45) is 1.13. The summed E-state index contributed by atoms with van der Waals surface area (Å²) in [4.78, 5) is 0. The molecule has 0 radical (unpaired) electrons. The van der Waals surface area contributed by atoms with Crippen molar-refractivity contribution in [3.05, 3.63) is 35.4 Å². The van der Waals surface area contributed by atoms with E-state index in [9.17, 15) is 0 Å². The molecule has 1 heteroatoms. The van der Waals surface area contributed by atoms with Gasteiger partial charge in [0.1, 0.15) is 0 Å². The summed E-state index contributed by atoms with van der Waals surface area (Å²) < 4.78 is 0. The standard InChI is InChI=1S/C9H11Br/c1-8-2-4-9(5-3-8)6-7-10/h2-5H,6-7H2,1H3. The van der Waals surface area contributed by atoms with Gasteiger partial charge in [-0.3, -0.25) is 0 Å². The molecule has 0 heterocycles. The van der Waals surface area contributed by atoms with Crippen molar-refractivity contribution in [3.8, 4) is 0 Å². The van der Waals surface area contributed by atoms with Gasteiger partial charge in [0, 0.05) is 5.33 Å². The maximum Gasteiger partial charge on any atom is 0.00718 e. The molecule has 0 saturated carbocycles. The van der Waals surface area contributed by atoms with Crippen LogP contribution in [-0.2, 0) is 6.42 Å². The van der Waals surface area contributed by atoms with Gasteiger partial charge in [-0.1, -0.05) is 45.8 Å². The molecule has 0 bridgehead atoms. The number of rotatable bonds is 2. The van der Waals surface area contributed by atoms with Crippen molar-refractivity contribution in [2.24, 2.45) is 0 Å². The predicted octanol–water partition coefficient (Wildman–Crippen LogP) is 2.93. The van der Waals surface area contributed by atoms with Gasteiger partial charge in [-0.15, -0.1) is 0 Å². The molecule has 1 aromatic rings. The quantitative estimate of drug-likeness (QED) is 0.642. The van der Waals surface area contributed by atoms with Crippen LogP contribution in [0.4, 0.5) is 0 Å². The molecule has 0 aromatic heterocycles. The van der Waals surface area contributed by atoms with Gasteiger partial charge in [-0.2, -0.15) is 0 Å². The molecule has 54 valence electrons. The lowest BCUT2D eigenvalue weighted by Crippen LogP contribution is -1.84. The molecule has 0 N–H and O–H groups in total. The minimum absolute atomic E-state index is 1.05. The lowest BCUT2D eigenvalue weighted by atomic mass is 10.1. The van der Waals surface area contributed by atoms with Gasteiger partial charge in [0.05, 0.1) is 0 Å². The summed E-state index contributed by atoms with van der Waals surface area (Å²) in [5.41, 5.74) is 2.74. The van der Waals surface area contributed by atoms with E-state index in [1.807, 2.05) is 0 Å². The number of hydrogen-bond donors (Lipinski definition) is 0. The van der Waals surface area contributed by atoms with Crippen LogP contribution in [0.2, 0.25) is 0 Å². The van der Waals surface area contributed by atoms with Gasteiger partial charge in [0.25, 0.3) is 0 Å². The first kappa shape index (κ1) is 7.80. The van der Waals surface area contributed by atoms with Crippen molar-refractivity contribution in [1.29, 1.82) is 0 Å². The highest BCUT2D eigenvalue weighted by atomic mass is 79.9. The third kappa shape index (κ3) is 2.14.